The van der Waals surface area contributed by atoms with Gasteiger partial charge in [-0.25, -0.2) is 8.42 Å². The van der Waals surface area contributed by atoms with Crippen molar-refractivity contribution in [2.24, 2.45) is 7.05 Å². The summed E-state index contributed by atoms with van der Waals surface area (Å²) < 4.78 is 27.8. The molecule has 1 aliphatic rings. The van der Waals surface area contributed by atoms with Crippen molar-refractivity contribution in [3.05, 3.63) is 10.5 Å². The molecule has 0 radical (unpaired) electrons. The van der Waals surface area contributed by atoms with Crippen molar-refractivity contribution in [3.8, 4) is 0 Å². The quantitative estimate of drug-likeness (QED) is 0.805. The van der Waals surface area contributed by atoms with Crippen LogP contribution in [0.2, 0.25) is 0 Å². The lowest BCUT2D eigenvalue weighted by Gasteiger charge is -2.24. The maximum atomic E-state index is 11.8. The molecule has 104 valence electrons. The number of nitrogens with one attached hydrogen (secondary N) is 1. The van der Waals surface area contributed by atoms with E-state index in [1.54, 1.807) is 4.68 Å². The molecule has 19 heavy (non-hydrogen) atoms. The molecular formula is C11H16N4O2S2. The smallest absolute Gasteiger partial charge is 0.179 e. The molecule has 1 N–H and O–H groups in total. The van der Waals surface area contributed by atoms with E-state index in [1.807, 2.05) is 25.5 Å². The Morgan fingerprint density at radius 2 is 2.16 bits per heavy atom. The number of aromatic nitrogens is 4. The maximum Gasteiger partial charge on any atom is 0.179 e. The predicted molar refractivity (Wildman–Crippen MR) is 75.5 cm³/mol. The fraction of sp³-hybridized carbons (Fsp3) is 0.636. The van der Waals surface area contributed by atoms with Crippen molar-refractivity contribution >= 4 is 33.2 Å². The Morgan fingerprint density at radius 3 is 2.74 bits per heavy atom. The van der Waals surface area contributed by atoms with E-state index in [9.17, 15) is 8.42 Å². The summed E-state index contributed by atoms with van der Waals surface area (Å²) in [7, 11) is -1.13. The van der Waals surface area contributed by atoms with E-state index in [4.69, 9.17) is 12.2 Å². The number of H-pyrrole nitrogens is 1. The average Bonchev–Trinajstić information content (AvgIpc) is 2.84. The van der Waals surface area contributed by atoms with E-state index in [-0.39, 0.29) is 11.5 Å². The number of imidazole rings is 1. The van der Waals surface area contributed by atoms with Gasteiger partial charge in [-0.15, -0.1) is 0 Å². The lowest BCUT2D eigenvalue weighted by molar-refractivity contribution is 0.366. The molecule has 1 unspecified atom stereocenters. The molecule has 0 aromatic carbocycles. The Morgan fingerprint density at radius 1 is 1.47 bits per heavy atom. The third kappa shape index (κ3) is 1.77. The standard InChI is InChI=1S/C11H16N4O2S2/c1-7-8-9(14(3)13-7)15(10(18)12-8)11(2)4-5-19(16,17)6-11/h4-6H2,1-3H3,(H,12,18). The highest BCUT2D eigenvalue weighted by molar-refractivity contribution is 7.91. The van der Waals surface area contributed by atoms with Crippen molar-refractivity contribution in [1.29, 1.82) is 0 Å². The second-order valence-electron chi connectivity index (χ2n) is 5.51. The van der Waals surface area contributed by atoms with Gasteiger partial charge in [-0.3, -0.25) is 9.25 Å². The van der Waals surface area contributed by atoms with Gasteiger partial charge < -0.3 is 4.98 Å². The van der Waals surface area contributed by atoms with E-state index in [0.717, 1.165) is 16.9 Å². The SMILES string of the molecule is Cc1nn(C)c2c1[nH]c(=S)n2C1(C)CCS(=O)(=O)C1. The predicted octanol–water partition coefficient (Wildman–Crippen LogP) is 1.27. The third-order valence-corrected chi connectivity index (χ3v) is 6.03. The Kier molecular flexibility index (Phi) is 2.50. The molecule has 0 saturated carbocycles. The Balaban J connectivity index is 2.32. The molecule has 1 saturated heterocycles. The monoisotopic (exact) mass is 300 g/mol. The summed E-state index contributed by atoms with van der Waals surface area (Å²) in [5.41, 5.74) is 2.13. The average molecular weight is 300 g/mol. The zero-order valence-corrected chi connectivity index (χ0v) is 12.7. The van der Waals surface area contributed by atoms with E-state index >= 15 is 0 Å². The van der Waals surface area contributed by atoms with Crippen molar-refractivity contribution in [1.82, 2.24) is 19.3 Å². The number of fused-ring (bicyclic) bond motifs is 1. The van der Waals surface area contributed by atoms with Gasteiger partial charge >= 0.3 is 0 Å². The van der Waals surface area contributed by atoms with Crippen LogP contribution in [0.1, 0.15) is 19.0 Å². The van der Waals surface area contributed by atoms with Crippen molar-refractivity contribution in [3.63, 3.8) is 0 Å². The lowest BCUT2D eigenvalue weighted by atomic mass is 10.0. The first-order chi connectivity index (χ1) is 8.73. The van der Waals surface area contributed by atoms with Gasteiger partial charge in [0.05, 0.1) is 22.7 Å². The zero-order valence-electron chi connectivity index (χ0n) is 11.1. The molecule has 3 rings (SSSR count). The number of hydrogen-bond acceptors (Lipinski definition) is 4. The third-order valence-electron chi connectivity index (χ3n) is 3.86. The lowest BCUT2D eigenvalue weighted by Crippen LogP contribution is -2.32. The van der Waals surface area contributed by atoms with Crippen LogP contribution in [0.25, 0.3) is 11.2 Å². The van der Waals surface area contributed by atoms with Crippen LogP contribution in [0.15, 0.2) is 0 Å². The highest BCUT2D eigenvalue weighted by atomic mass is 32.2. The Bertz CT molecular complexity index is 827. The molecule has 2 aromatic rings. The van der Waals surface area contributed by atoms with Crippen LogP contribution in [-0.4, -0.2) is 39.3 Å². The fourth-order valence-electron chi connectivity index (χ4n) is 2.98. The summed E-state index contributed by atoms with van der Waals surface area (Å²) in [5.74, 6) is 0.347. The first-order valence-corrected chi connectivity index (χ1v) is 8.32. The van der Waals surface area contributed by atoms with Crippen LogP contribution in [0.3, 0.4) is 0 Å². The van der Waals surface area contributed by atoms with Crippen molar-refractivity contribution in [2.75, 3.05) is 11.5 Å². The summed E-state index contributed by atoms with van der Waals surface area (Å²) in [6.45, 7) is 3.86. The van der Waals surface area contributed by atoms with Gasteiger partial charge in [-0.1, -0.05) is 0 Å². The topological polar surface area (TPSA) is 72.7 Å². The number of hydrogen-bond donors (Lipinski definition) is 1. The van der Waals surface area contributed by atoms with Gasteiger partial charge in [-0.05, 0) is 32.5 Å². The molecule has 6 nitrogen and oxygen atoms in total. The highest BCUT2D eigenvalue weighted by Crippen LogP contribution is 2.34. The summed E-state index contributed by atoms with van der Waals surface area (Å²) in [6.07, 6.45) is 0.584. The molecule has 8 heteroatoms. The molecule has 2 aromatic heterocycles. The van der Waals surface area contributed by atoms with Crippen molar-refractivity contribution < 1.29 is 8.42 Å². The van der Waals surface area contributed by atoms with Gasteiger partial charge in [-0.2, -0.15) is 5.10 Å². The summed E-state index contributed by atoms with van der Waals surface area (Å²) >= 11 is 5.38. The highest BCUT2D eigenvalue weighted by Gasteiger charge is 2.41. The second kappa shape index (κ2) is 3.69. The summed E-state index contributed by atoms with van der Waals surface area (Å²) in [6, 6.07) is 0. The molecule has 1 fully saturated rings. The number of aromatic amines is 1. The molecule has 1 aliphatic heterocycles. The first-order valence-electron chi connectivity index (χ1n) is 6.09. The van der Waals surface area contributed by atoms with Gasteiger partial charge in [0.1, 0.15) is 5.52 Å². The van der Waals surface area contributed by atoms with E-state index < -0.39 is 15.4 Å². The maximum absolute atomic E-state index is 11.8. The van der Waals surface area contributed by atoms with Crippen LogP contribution < -0.4 is 0 Å². The number of aryl methyl sites for hydroxylation is 2. The summed E-state index contributed by atoms with van der Waals surface area (Å²) in [5, 5.41) is 4.36. The Labute approximate surface area is 116 Å². The molecule has 0 spiro atoms. The minimum Gasteiger partial charge on any atom is -0.328 e. The van der Waals surface area contributed by atoms with E-state index in [1.165, 1.54) is 0 Å². The normalized spacial score (nSPS) is 26.3. The summed E-state index contributed by atoms with van der Waals surface area (Å²) in [4.78, 5) is 3.15. The van der Waals surface area contributed by atoms with Crippen LogP contribution in [-0.2, 0) is 22.4 Å². The van der Waals surface area contributed by atoms with Crippen LogP contribution in [0.4, 0.5) is 0 Å². The molecular weight excluding hydrogens is 284 g/mol. The van der Waals surface area contributed by atoms with Crippen molar-refractivity contribution in [2.45, 2.75) is 25.8 Å². The first kappa shape index (κ1) is 12.9. The second-order valence-corrected chi connectivity index (χ2v) is 8.08. The number of nitrogens with zero attached hydrogens (tertiary/aromatic N) is 3. The Hall–Kier alpha value is -1.15. The minimum atomic E-state index is -2.98. The largest absolute Gasteiger partial charge is 0.328 e. The molecule has 0 aliphatic carbocycles. The molecule has 3 heterocycles. The minimum absolute atomic E-state index is 0.130. The van der Waals surface area contributed by atoms with Crippen LogP contribution in [0, 0.1) is 11.7 Å². The zero-order chi connectivity index (χ0) is 14.0. The van der Waals surface area contributed by atoms with Gasteiger partial charge in [0.2, 0.25) is 0 Å². The number of sulfone groups is 1. The molecule has 0 bridgehead atoms. The van der Waals surface area contributed by atoms with Gasteiger partial charge in [0, 0.05) is 7.05 Å². The van der Waals surface area contributed by atoms with Gasteiger partial charge in [0.25, 0.3) is 0 Å². The van der Waals surface area contributed by atoms with E-state index in [0.29, 0.717) is 11.2 Å². The van der Waals surface area contributed by atoms with Crippen LogP contribution >= 0.6 is 12.2 Å². The molecule has 0 amide bonds. The number of rotatable bonds is 1. The van der Waals surface area contributed by atoms with Gasteiger partial charge in [0.15, 0.2) is 20.3 Å². The van der Waals surface area contributed by atoms with Crippen LogP contribution in [0.5, 0.6) is 0 Å². The van der Waals surface area contributed by atoms with E-state index in [2.05, 4.69) is 10.1 Å². The molecule has 1 atom stereocenters. The fourth-order valence-corrected chi connectivity index (χ4v) is 5.50.